The molecule has 9 nitrogen and oxygen atoms in total. The molecule has 0 spiro atoms. The van der Waals surface area contributed by atoms with Gasteiger partial charge in [0.2, 0.25) is 0 Å². The fraction of sp³-hybridized carbons (Fsp3) is 0.792. The van der Waals surface area contributed by atoms with Crippen molar-refractivity contribution in [2.24, 2.45) is 0 Å². The number of esters is 2. The monoisotopic (exact) mass is 839 g/mol. The van der Waals surface area contributed by atoms with Gasteiger partial charge in [-0.15, -0.1) is 0 Å². The average molecular weight is 839 g/mol. The number of nitrogens with zero attached hydrogens (tertiary/aromatic N) is 1. The molecule has 0 fully saturated rings. The third-order valence-electron chi connectivity index (χ3n) is 9.83. The Morgan fingerprint density at radius 3 is 1.43 bits per heavy atom. The number of ether oxygens (including phenoxy) is 2. The van der Waals surface area contributed by atoms with Crippen molar-refractivity contribution in [1.82, 2.24) is 0 Å². The van der Waals surface area contributed by atoms with Crippen LogP contribution in [0.5, 0.6) is 0 Å². The molecule has 0 aliphatic heterocycles. The van der Waals surface area contributed by atoms with Gasteiger partial charge in [0, 0.05) is 12.8 Å². The molecule has 0 bridgehead atoms. The minimum Gasteiger partial charge on any atom is -0.462 e. The van der Waals surface area contributed by atoms with Gasteiger partial charge >= 0.3 is 19.8 Å². The summed E-state index contributed by atoms with van der Waals surface area (Å²) in [7, 11) is 1.46. The Labute approximate surface area is 356 Å². The molecule has 2 atom stereocenters. The predicted molar refractivity (Wildman–Crippen MR) is 243 cm³/mol. The van der Waals surface area contributed by atoms with E-state index in [-0.39, 0.29) is 32.0 Å². The largest absolute Gasteiger partial charge is 0.472 e. The zero-order valence-electron chi connectivity index (χ0n) is 38.0. The minimum absolute atomic E-state index is 0.0259. The lowest BCUT2D eigenvalue weighted by molar-refractivity contribution is -0.870. The van der Waals surface area contributed by atoms with E-state index in [1.54, 1.807) is 0 Å². The second-order valence-corrected chi connectivity index (χ2v) is 18.2. The Kier molecular flexibility index (Phi) is 39.0. The number of hydrogen-bond acceptors (Lipinski definition) is 7. The van der Waals surface area contributed by atoms with Crippen LogP contribution in [0.2, 0.25) is 0 Å². The normalized spacial score (nSPS) is 14.0. The molecule has 0 aromatic carbocycles. The lowest BCUT2D eigenvalue weighted by atomic mass is 10.1. The third kappa shape index (κ3) is 43.5. The van der Waals surface area contributed by atoms with Gasteiger partial charge in [0.1, 0.15) is 19.8 Å². The maximum Gasteiger partial charge on any atom is 0.472 e. The van der Waals surface area contributed by atoms with Gasteiger partial charge in [-0.2, -0.15) is 0 Å². The molecule has 0 amide bonds. The summed E-state index contributed by atoms with van der Waals surface area (Å²) >= 11 is 0. The summed E-state index contributed by atoms with van der Waals surface area (Å²) in [5, 5.41) is 0. The van der Waals surface area contributed by atoms with Crippen molar-refractivity contribution in [1.29, 1.82) is 0 Å². The first-order valence-electron chi connectivity index (χ1n) is 23.4. The highest BCUT2D eigenvalue weighted by Gasteiger charge is 2.27. The minimum atomic E-state index is -4.38. The number of phosphoric ester groups is 1. The second-order valence-electron chi connectivity index (χ2n) is 16.8. The molecule has 0 radical (unpaired) electrons. The lowest BCUT2D eigenvalue weighted by Crippen LogP contribution is -2.37. The topological polar surface area (TPSA) is 108 Å². The van der Waals surface area contributed by atoms with Gasteiger partial charge in [-0.25, -0.2) is 4.57 Å². The maximum atomic E-state index is 12.7. The molecule has 1 N–H and O–H groups in total. The number of phosphoric acid groups is 1. The molecule has 0 rings (SSSR count). The van der Waals surface area contributed by atoms with Crippen LogP contribution in [0.25, 0.3) is 0 Å². The van der Waals surface area contributed by atoms with Crippen molar-refractivity contribution in [2.75, 3.05) is 47.5 Å². The van der Waals surface area contributed by atoms with Crippen LogP contribution in [-0.2, 0) is 32.7 Å². The molecular formula is C48H89NO8P+. The van der Waals surface area contributed by atoms with Crippen LogP contribution in [0.3, 0.4) is 0 Å². The van der Waals surface area contributed by atoms with Crippen molar-refractivity contribution in [2.45, 2.75) is 200 Å². The number of carbonyl (C=O) groups excluding carboxylic acids is 2. The van der Waals surface area contributed by atoms with Gasteiger partial charge in [0.05, 0.1) is 27.7 Å². The van der Waals surface area contributed by atoms with Crippen LogP contribution in [0.4, 0.5) is 0 Å². The first-order valence-corrected chi connectivity index (χ1v) is 24.9. The molecule has 0 aliphatic carbocycles. The Bertz CT molecular complexity index is 1130. The quantitative estimate of drug-likeness (QED) is 0.0213. The summed E-state index contributed by atoms with van der Waals surface area (Å²) in [5.74, 6) is -0.828. The third-order valence-corrected chi connectivity index (χ3v) is 10.8. The Morgan fingerprint density at radius 2 is 0.931 bits per heavy atom. The van der Waals surface area contributed by atoms with E-state index in [9.17, 15) is 19.0 Å². The molecule has 10 heteroatoms. The van der Waals surface area contributed by atoms with Crippen molar-refractivity contribution in [3.8, 4) is 0 Å². The number of allylic oxidation sites excluding steroid dienone is 8. The maximum absolute atomic E-state index is 12.7. The average Bonchev–Trinajstić information content (AvgIpc) is 3.17. The van der Waals surface area contributed by atoms with Gasteiger partial charge in [-0.05, 0) is 77.0 Å². The van der Waals surface area contributed by atoms with Crippen LogP contribution in [-0.4, -0.2) is 74.9 Å². The molecule has 0 aromatic heterocycles. The van der Waals surface area contributed by atoms with E-state index < -0.39 is 26.5 Å². The van der Waals surface area contributed by atoms with E-state index >= 15 is 0 Å². The molecule has 0 heterocycles. The highest BCUT2D eigenvalue weighted by Crippen LogP contribution is 2.43. The fourth-order valence-electron chi connectivity index (χ4n) is 6.13. The van der Waals surface area contributed by atoms with Gasteiger partial charge in [0.25, 0.3) is 0 Å². The second kappa shape index (κ2) is 40.4. The number of carbonyl (C=O) groups is 2. The molecule has 338 valence electrons. The molecule has 0 saturated heterocycles. The number of rotatable bonds is 42. The van der Waals surface area contributed by atoms with Crippen LogP contribution < -0.4 is 0 Å². The van der Waals surface area contributed by atoms with Gasteiger partial charge < -0.3 is 18.9 Å². The highest BCUT2D eigenvalue weighted by molar-refractivity contribution is 7.47. The van der Waals surface area contributed by atoms with Crippen molar-refractivity contribution in [3.63, 3.8) is 0 Å². The standard InChI is InChI=1S/C48H88NO8P/c1-6-8-10-12-14-16-18-20-22-24-26-28-30-32-34-36-38-40-47(50)54-44-46(45-56-58(52,53)55-43-42-49(3,4)5)57-48(51)41-39-37-35-33-31-29-27-25-23-21-19-17-15-13-11-9-7-2/h14,16,20-23,26,28,46H,6-13,15,17-19,24-25,27,29-45H2,1-5H3/p+1/b16-14+,22-20+,23-21+,28-26+/t46-/m1/s1. The van der Waals surface area contributed by atoms with Crippen LogP contribution in [0.1, 0.15) is 194 Å². The first-order chi connectivity index (χ1) is 28.0. The number of hydrogen-bond donors (Lipinski definition) is 1. The van der Waals surface area contributed by atoms with E-state index in [1.165, 1.54) is 89.9 Å². The number of unbranched alkanes of at least 4 members (excludes halogenated alkanes) is 20. The van der Waals surface area contributed by atoms with Crippen molar-refractivity contribution >= 4 is 19.8 Å². The lowest BCUT2D eigenvalue weighted by Gasteiger charge is -2.24. The summed E-state index contributed by atoms with van der Waals surface area (Å²) in [4.78, 5) is 35.4. The van der Waals surface area contributed by atoms with E-state index in [1.807, 2.05) is 21.1 Å². The fourth-order valence-corrected chi connectivity index (χ4v) is 6.87. The Morgan fingerprint density at radius 1 is 0.534 bits per heavy atom. The summed E-state index contributed by atoms with van der Waals surface area (Å²) in [5.41, 5.74) is 0. The predicted octanol–water partition coefficient (Wildman–Crippen LogP) is 13.5. The molecule has 0 aromatic rings. The van der Waals surface area contributed by atoms with Crippen molar-refractivity contribution < 1.29 is 42.1 Å². The van der Waals surface area contributed by atoms with Crippen LogP contribution >= 0.6 is 7.82 Å². The molecule has 0 saturated carbocycles. The molecule has 1 unspecified atom stereocenters. The zero-order chi connectivity index (χ0) is 42.8. The molecular weight excluding hydrogens is 750 g/mol. The Hall–Kier alpha value is -2.03. The SMILES string of the molecule is CCCCC/C=C/C/C=C/C/C=C/CCCCCCC(=O)OC[C@H](COP(=O)(O)OCC[N+](C)(C)C)OC(=O)CCCCCCCCC/C=C/CCCCCCCC. The Balaban J connectivity index is 4.37. The molecule has 0 aliphatic rings. The first kappa shape index (κ1) is 56.0. The van der Waals surface area contributed by atoms with E-state index in [2.05, 4.69) is 62.5 Å². The van der Waals surface area contributed by atoms with E-state index in [4.69, 9.17) is 18.5 Å². The van der Waals surface area contributed by atoms with Crippen LogP contribution in [0.15, 0.2) is 48.6 Å². The van der Waals surface area contributed by atoms with E-state index in [0.29, 0.717) is 23.9 Å². The summed E-state index contributed by atoms with van der Waals surface area (Å²) in [6.07, 6.45) is 47.2. The number of quaternary nitrogens is 1. The molecule has 58 heavy (non-hydrogen) atoms. The van der Waals surface area contributed by atoms with E-state index in [0.717, 1.165) is 64.2 Å². The highest BCUT2D eigenvalue weighted by atomic mass is 31.2. The van der Waals surface area contributed by atoms with Gasteiger partial charge in [-0.3, -0.25) is 18.6 Å². The van der Waals surface area contributed by atoms with Crippen LogP contribution in [0, 0.1) is 0 Å². The summed E-state index contributed by atoms with van der Waals surface area (Å²) < 4.78 is 34.3. The summed E-state index contributed by atoms with van der Waals surface area (Å²) in [6, 6.07) is 0. The van der Waals surface area contributed by atoms with Gasteiger partial charge in [0.15, 0.2) is 6.10 Å². The summed E-state index contributed by atoms with van der Waals surface area (Å²) in [6.45, 7) is 4.36. The van der Waals surface area contributed by atoms with Gasteiger partial charge in [-0.1, -0.05) is 152 Å². The number of likely N-dealkylation sites (N-methyl/N-ethyl adjacent to an activating group) is 1. The zero-order valence-corrected chi connectivity index (χ0v) is 38.9. The van der Waals surface area contributed by atoms with Crippen molar-refractivity contribution in [3.05, 3.63) is 48.6 Å². The smallest absolute Gasteiger partial charge is 0.462 e.